The van der Waals surface area contributed by atoms with Crippen molar-refractivity contribution in [3.05, 3.63) is 68.9 Å². The van der Waals surface area contributed by atoms with E-state index in [1.165, 1.54) is 11.8 Å². The fraction of sp³-hybridized carbons (Fsp3) is 0.304. The Bertz CT molecular complexity index is 1160. The molecular weight excluding hydrogens is 517 g/mol. The molecule has 0 aliphatic heterocycles. The van der Waals surface area contributed by atoms with E-state index in [4.69, 9.17) is 34.8 Å². The topological polar surface area (TPSA) is 88.9 Å². The lowest BCUT2D eigenvalue weighted by atomic mass is 10.0. The number of hydrogen-bond donors (Lipinski definition) is 2. The Kier molecular flexibility index (Phi) is 9.24. The fourth-order valence-corrected chi connectivity index (χ4v) is 4.76. The molecule has 0 aliphatic carbocycles. The summed E-state index contributed by atoms with van der Waals surface area (Å²) in [6.07, 6.45) is 0.656. The Labute approximate surface area is 217 Å². The molecule has 0 fully saturated rings. The van der Waals surface area contributed by atoms with Crippen molar-refractivity contribution in [1.82, 2.24) is 20.1 Å². The second-order valence-electron chi connectivity index (χ2n) is 8.03. The number of nitrogens with one attached hydrogen (secondary N) is 2. The van der Waals surface area contributed by atoms with E-state index in [0.717, 1.165) is 0 Å². The number of carbonyl (C=O) groups is 2. The fourth-order valence-electron chi connectivity index (χ4n) is 3.29. The van der Waals surface area contributed by atoms with Crippen LogP contribution in [0.5, 0.6) is 0 Å². The molecule has 3 aromatic rings. The normalized spacial score (nSPS) is 12.0. The highest BCUT2D eigenvalue weighted by molar-refractivity contribution is 7.99. The smallest absolute Gasteiger partial charge is 0.253 e. The summed E-state index contributed by atoms with van der Waals surface area (Å²) in [6.45, 7) is 4.13. The summed E-state index contributed by atoms with van der Waals surface area (Å²) in [7, 11) is 1.81. The van der Waals surface area contributed by atoms with Crippen LogP contribution in [0.25, 0.3) is 0 Å². The van der Waals surface area contributed by atoms with Gasteiger partial charge in [0.1, 0.15) is 0 Å². The first-order valence-corrected chi connectivity index (χ1v) is 12.6. The zero-order valence-corrected chi connectivity index (χ0v) is 21.9. The average Bonchev–Trinajstić information content (AvgIpc) is 3.11. The molecule has 0 radical (unpaired) electrons. The van der Waals surface area contributed by atoms with Gasteiger partial charge in [-0.05, 0) is 42.7 Å². The maximum absolute atomic E-state index is 12.9. The summed E-state index contributed by atoms with van der Waals surface area (Å²) in [4.78, 5) is 25.3. The molecule has 0 unspecified atom stereocenters. The van der Waals surface area contributed by atoms with Crippen molar-refractivity contribution >= 4 is 64.1 Å². The van der Waals surface area contributed by atoms with Crippen molar-refractivity contribution in [2.45, 2.75) is 31.5 Å². The van der Waals surface area contributed by atoms with E-state index in [1.54, 1.807) is 54.1 Å². The van der Waals surface area contributed by atoms with Gasteiger partial charge in [-0.25, -0.2) is 0 Å². The molecule has 0 saturated heterocycles. The number of hydrogen-bond acceptors (Lipinski definition) is 5. The zero-order chi connectivity index (χ0) is 24.8. The Morgan fingerprint density at radius 1 is 1.06 bits per heavy atom. The molecule has 1 aromatic heterocycles. The third kappa shape index (κ3) is 7.12. The molecule has 0 spiro atoms. The minimum atomic E-state index is -0.377. The second-order valence-corrected chi connectivity index (χ2v) is 10.3. The first-order chi connectivity index (χ1) is 16.1. The van der Waals surface area contributed by atoms with E-state index in [2.05, 4.69) is 34.7 Å². The standard InChI is InChI=1S/C23H24Cl3N5O2S/c1-13(2)8-19(28-22(33)17-6-4-5-7-18(17)26)21-29-30-23(31(21)3)34-12-20(32)27-16-10-14(24)9-15(25)11-16/h4-7,9-11,13,19H,8,12H2,1-3H3,(H,27,32)(H,28,33)/t19-/m1/s1. The molecule has 180 valence electrons. The molecule has 0 saturated carbocycles. The summed E-state index contributed by atoms with van der Waals surface area (Å²) in [6, 6.07) is 11.3. The number of halogens is 3. The van der Waals surface area contributed by atoms with Crippen molar-refractivity contribution in [3.63, 3.8) is 0 Å². The summed E-state index contributed by atoms with van der Waals surface area (Å²) >= 11 is 19.4. The summed E-state index contributed by atoms with van der Waals surface area (Å²) in [5.41, 5.74) is 0.911. The summed E-state index contributed by atoms with van der Waals surface area (Å²) in [5, 5.41) is 16.1. The maximum atomic E-state index is 12.9. The largest absolute Gasteiger partial charge is 0.342 e. The second kappa shape index (κ2) is 11.9. The molecule has 0 aliphatic rings. The number of thioether (sulfide) groups is 1. The molecule has 2 amide bonds. The number of anilines is 1. The van der Waals surface area contributed by atoms with Crippen LogP contribution in [0.4, 0.5) is 5.69 Å². The van der Waals surface area contributed by atoms with Gasteiger partial charge in [0.15, 0.2) is 11.0 Å². The van der Waals surface area contributed by atoms with E-state index < -0.39 is 0 Å². The Hall–Kier alpha value is -2.26. The summed E-state index contributed by atoms with van der Waals surface area (Å²) < 4.78 is 1.79. The monoisotopic (exact) mass is 539 g/mol. The van der Waals surface area contributed by atoms with Crippen LogP contribution >= 0.6 is 46.6 Å². The van der Waals surface area contributed by atoms with Gasteiger partial charge in [-0.3, -0.25) is 9.59 Å². The van der Waals surface area contributed by atoms with E-state index in [-0.39, 0.29) is 23.6 Å². The molecule has 2 N–H and O–H groups in total. The van der Waals surface area contributed by atoms with Crippen LogP contribution in [0.2, 0.25) is 15.1 Å². The predicted molar refractivity (Wildman–Crippen MR) is 138 cm³/mol. The number of amides is 2. The van der Waals surface area contributed by atoms with E-state index in [1.807, 2.05) is 0 Å². The van der Waals surface area contributed by atoms with Gasteiger partial charge in [0.05, 0.1) is 22.4 Å². The van der Waals surface area contributed by atoms with Gasteiger partial charge >= 0.3 is 0 Å². The third-order valence-electron chi connectivity index (χ3n) is 4.79. The van der Waals surface area contributed by atoms with Crippen molar-refractivity contribution in [2.24, 2.45) is 13.0 Å². The number of carbonyl (C=O) groups excluding carboxylic acids is 2. The minimum absolute atomic E-state index is 0.108. The molecule has 7 nitrogen and oxygen atoms in total. The molecule has 3 rings (SSSR count). The lowest BCUT2D eigenvalue weighted by Gasteiger charge is -2.20. The van der Waals surface area contributed by atoms with Crippen molar-refractivity contribution in [1.29, 1.82) is 0 Å². The van der Waals surface area contributed by atoms with Gasteiger partial charge < -0.3 is 15.2 Å². The lowest BCUT2D eigenvalue weighted by molar-refractivity contribution is -0.113. The quantitative estimate of drug-likeness (QED) is 0.324. The Morgan fingerprint density at radius 3 is 2.38 bits per heavy atom. The first-order valence-electron chi connectivity index (χ1n) is 10.5. The van der Waals surface area contributed by atoms with Gasteiger partial charge in [-0.15, -0.1) is 10.2 Å². The van der Waals surface area contributed by atoms with Crippen molar-refractivity contribution in [2.75, 3.05) is 11.1 Å². The molecule has 1 atom stereocenters. The molecule has 34 heavy (non-hydrogen) atoms. The van der Waals surface area contributed by atoms with Crippen molar-refractivity contribution < 1.29 is 9.59 Å². The Morgan fingerprint density at radius 2 is 1.74 bits per heavy atom. The van der Waals surface area contributed by atoms with Crippen LogP contribution in [0, 0.1) is 5.92 Å². The van der Waals surface area contributed by atoms with Gasteiger partial charge in [0.25, 0.3) is 5.91 Å². The van der Waals surface area contributed by atoms with Gasteiger partial charge in [-0.1, -0.05) is 72.5 Å². The highest BCUT2D eigenvalue weighted by Crippen LogP contribution is 2.26. The van der Waals surface area contributed by atoms with Crippen molar-refractivity contribution in [3.8, 4) is 0 Å². The van der Waals surface area contributed by atoms with Crippen LogP contribution in [0.1, 0.15) is 42.5 Å². The number of aromatic nitrogens is 3. The van der Waals surface area contributed by atoms with E-state index >= 15 is 0 Å². The third-order valence-corrected chi connectivity index (χ3v) is 6.58. The number of rotatable bonds is 9. The molecule has 1 heterocycles. The highest BCUT2D eigenvalue weighted by atomic mass is 35.5. The van der Waals surface area contributed by atoms with Crippen LogP contribution in [0.15, 0.2) is 47.6 Å². The summed E-state index contributed by atoms with van der Waals surface area (Å²) in [5.74, 6) is 0.474. The van der Waals surface area contributed by atoms with E-state index in [9.17, 15) is 9.59 Å². The molecular formula is C23H24Cl3N5O2S. The first kappa shape index (κ1) is 26.3. The van der Waals surface area contributed by atoms with Gasteiger partial charge in [0, 0.05) is 22.8 Å². The molecule has 0 bridgehead atoms. The molecule has 2 aromatic carbocycles. The minimum Gasteiger partial charge on any atom is -0.342 e. The average molecular weight is 541 g/mol. The SMILES string of the molecule is CC(C)C[C@@H](NC(=O)c1ccccc1Cl)c1nnc(SCC(=O)Nc2cc(Cl)cc(Cl)c2)n1C. The lowest BCUT2D eigenvalue weighted by Crippen LogP contribution is -2.31. The zero-order valence-electron chi connectivity index (χ0n) is 18.8. The number of benzene rings is 2. The van der Waals surface area contributed by atoms with Gasteiger partial charge in [0.2, 0.25) is 5.91 Å². The van der Waals surface area contributed by atoms with Crippen LogP contribution in [0.3, 0.4) is 0 Å². The van der Waals surface area contributed by atoms with Gasteiger partial charge in [-0.2, -0.15) is 0 Å². The van der Waals surface area contributed by atoms with Crippen LogP contribution < -0.4 is 10.6 Å². The highest BCUT2D eigenvalue weighted by Gasteiger charge is 2.24. The van der Waals surface area contributed by atoms with Crippen LogP contribution in [-0.4, -0.2) is 32.3 Å². The maximum Gasteiger partial charge on any atom is 0.253 e. The number of nitrogens with zero attached hydrogens (tertiary/aromatic N) is 3. The van der Waals surface area contributed by atoms with E-state index in [0.29, 0.717) is 49.6 Å². The Balaban J connectivity index is 1.69. The predicted octanol–water partition coefficient (Wildman–Crippen LogP) is 6.02. The van der Waals surface area contributed by atoms with Crippen LogP contribution in [-0.2, 0) is 11.8 Å². The molecule has 11 heteroatoms.